The van der Waals surface area contributed by atoms with Crippen molar-refractivity contribution in [1.29, 1.82) is 0 Å². The van der Waals surface area contributed by atoms with Crippen LogP contribution >= 0.6 is 11.3 Å². The first-order valence-electron chi connectivity index (χ1n) is 14.0. The molecule has 1 aromatic carbocycles. The molecule has 1 aliphatic heterocycles. The van der Waals surface area contributed by atoms with E-state index < -0.39 is 24.1 Å². The molecule has 11 nitrogen and oxygen atoms in total. The molecule has 1 fully saturated rings. The molecule has 0 aliphatic carbocycles. The molecule has 0 saturated carbocycles. The van der Waals surface area contributed by atoms with Crippen LogP contribution in [0, 0.1) is 19.4 Å². The molecule has 1 saturated heterocycles. The predicted octanol–water partition coefficient (Wildman–Crippen LogP) is 4.27. The van der Waals surface area contributed by atoms with Crippen LogP contribution in [0.25, 0.3) is 10.4 Å². The molecule has 2 aromatic heterocycles. The second-order valence-electron chi connectivity index (χ2n) is 10.6. The zero-order chi connectivity index (χ0) is 30.4. The lowest BCUT2D eigenvalue weighted by atomic mass is 9.91. The number of aryl methyl sites for hydroxylation is 1. The van der Waals surface area contributed by atoms with Crippen molar-refractivity contribution in [2.75, 3.05) is 26.9 Å². The van der Waals surface area contributed by atoms with Gasteiger partial charge in [0.25, 0.3) is 5.88 Å². The quantitative estimate of drug-likeness (QED) is 0.276. The fraction of sp³-hybridized carbons (Fsp3) is 0.500. The third-order valence-corrected chi connectivity index (χ3v) is 8.27. The smallest absolute Gasteiger partial charge is 0.254 e. The summed E-state index contributed by atoms with van der Waals surface area (Å²) >= 11 is 1.55. The molecule has 4 atom stereocenters. The van der Waals surface area contributed by atoms with Gasteiger partial charge in [0.15, 0.2) is 5.76 Å². The van der Waals surface area contributed by atoms with Crippen molar-refractivity contribution >= 4 is 23.2 Å². The Morgan fingerprint density at radius 1 is 1.26 bits per heavy atom. The molecule has 2 amide bonds. The third kappa shape index (κ3) is 7.11. The molecule has 3 heterocycles. The Balaban J connectivity index is 1.48. The highest BCUT2D eigenvalue weighted by molar-refractivity contribution is 7.13. The largest absolute Gasteiger partial charge is 0.496 e. The summed E-state index contributed by atoms with van der Waals surface area (Å²) < 4.78 is 21.9. The number of nitrogens with zero attached hydrogens (tertiary/aromatic N) is 3. The number of amides is 2. The summed E-state index contributed by atoms with van der Waals surface area (Å²) in [6.45, 7) is 11.6. The van der Waals surface area contributed by atoms with E-state index >= 15 is 0 Å². The molecule has 42 heavy (non-hydrogen) atoms. The molecule has 0 spiro atoms. The number of methoxy groups -OCH3 is 1. The molecule has 227 valence electrons. The zero-order valence-corrected chi connectivity index (χ0v) is 25.6. The zero-order valence-electron chi connectivity index (χ0n) is 24.8. The lowest BCUT2D eigenvalue weighted by Gasteiger charge is -2.29. The van der Waals surface area contributed by atoms with E-state index in [-0.39, 0.29) is 43.2 Å². The van der Waals surface area contributed by atoms with Crippen LogP contribution in [-0.2, 0) is 14.3 Å². The van der Waals surface area contributed by atoms with Gasteiger partial charge in [0.2, 0.25) is 11.8 Å². The van der Waals surface area contributed by atoms with Gasteiger partial charge in [-0.2, -0.15) is 0 Å². The van der Waals surface area contributed by atoms with Crippen molar-refractivity contribution in [3.05, 3.63) is 53.4 Å². The SMILES string of the molecule is C[CH]OCCOc1cc([C@H](C(=O)N2C[C@H](O)C[C@H]2C(=O)N[C@@H](C)c2ccc(-c3scnc3C)cc2OC)C(C)C)on1. The van der Waals surface area contributed by atoms with Gasteiger partial charge in [-0.1, -0.05) is 26.0 Å². The number of aromatic nitrogens is 2. The average Bonchev–Trinajstić information content (AvgIpc) is 3.70. The lowest BCUT2D eigenvalue weighted by Crippen LogP contribution is -2.48. The number of rotatable bonds is 13. The minimum absolute atomic E-state index is 0.0447. The summed E-state index contributed by atoms with van der Waals surface area (Å²) in [6.07, 6.45) is -0.692. The van der Waals surface area contributed by atoms with Gasteiger partial charge in [0.1, 0.15) is 24.3 Å². The van der Waals surface area contributed by atoms with Crippen LogP contribution in [0.5, 0.6) is 11.6 Å². The van der Waals surface area contributed by atoms with Crippen LogP contribution < -0.4 is 14.8 Å². The van der Waals surface area contributed by atoms with Crippen LogP contribution in [0.2, 0.25) is 0 Å². The Kier molecular flexibility index (Phi) is 10.6. The molecule has 0 unspecified atom stereocenters. The maximum absolute atomic E-state index is 13.8. The number of benzene rings is 1. The number of carbonyl (C=O) groups is 2. The van der Waals surface area contributed by atoms with Crippen molar-refractivity contribution in [3.63, 3.8) is 0 Å². The molecular weight excluding hydrogens is 560 g/mol. The number of carbonyl (C=O) groups excluding carboxylic acids is 2. The van der Waals surface area contributed by atoms with Gasteiger partial charge in [-0.15, -0.1) is 11.3 Å². The Morgan fingerprint density at radius 2 is 2.05 bits per heavy atom. The molecule has 4 rings (SSSR count). The Labute approximate surface area is 250 Å². The van der Waals surface area contributed by atoms with Gasteiger partial charge in [0.05, 0.1) is 48.6 Å². The number of nitrogens with one attached hydrogen (secondary N) is 1. The molecule has 2 N–H and O–H groups in total. The first-order chi connectivity index (χ1) is 20.1. The first kappa shape index (κ1) is 31.5. The Morgan fingerprint density at radius 3 is 2.71 bits per heavy atom. The summed E-state index contributed by atoms with van der Waals surface area (Å²) in [7, 11) is 1.59. The number of aliphatic hydroxyl groups excluding tert-OH is 1. The molecule has 1 aliphatic rings. The van der Waals surface area contributed by atoms with Gasteiger partial charge in [-0.3, -0.25) is 9.59 Å². The van der Waals surface area contributed by atoms with E-state index in [1.165, 1.54) is 4.90 Å². The average molecular weight is 600 g/mol. The number of aliphatic hydroxyl groups is 1. The van der Waals surface area contributed by atoms with E-state index in [0.29, 0.717) is 18.1 Å². The van der Waals surface area contributed by atoms with E-state index in [2.05, 4.69) is 15.5 Å². The summed E-state index contributed by atoms with van der Waals surface area (Å²) in [5, 5.41) is 17.5. The van der Waals surface area contributed by atoms with E-state index in [4.69, 9.17) is 18.7 Å². The lowest BCUT2D eigenvalue weighted by molar-refractivity contribution is -0.141. The number of thiazole rings is 1. The first-order valence-corrected chi connectivity index (χ1v) is 14.9. The standard InChI is InChI=1S/C30H39N4O7S/c1-7-39-10-11-40-26-14-25(41-33-26)27(17(2)3)30(37)34-15-21(35)13-23(34)29(36)32-18(4)22-9-8-20(12-24(22)38-6)28-19(5)31-16-42-28/h7-9,12,14,16-18,21,23,27,35H,10-11,13,15H2,1-6H3,(H,32,36)/t18-,21+,23-,27+/m0/s1. The topological polar surface area (TPSA) is 136 Å². The Bertz CT molecular complexity index is 1360. The van der Waals surface area contributed by atoms with Gasteiger partial charge in [-0.05, 0) is 43.5 Å². The normalized spacial score (nSPS) is 18.2. The van der Waals surface area contributed by atoms with Crippen LogP contribution in [0.15, 0.2) is 34.3 Å². The predicted molar refractivity (Wildman–Crippen MR) is 157 cm³/mol. The van der Waals surface area contributed by atoms with Crippen molar-refractivity contribution in [3.8, 4) is 22.1 Å². The molecular formula is C30H39N4O7S. The number of ether oxygens (including phenoxy) is 3. The van der Waals surface area contributed by atoms with Gasteiger partial charge in [0, 0.05) is 24.6 Å². The third-order valence-electron chi connectivity index (χ3n) is 7.29. The summed E-state index contributed by atoms with van der Waals surface area (Å²) in [5.74, 6) is -0.328. The van der Waals surface area contributed by atoms with E-state index in [0.717, 1.165) is 21.7 Å². The van der Waals surface area contributed by atoms with Crippen molar-refractivity contribution in [2.45, 2.75) is 65.1 Å². The maximum atomic E-state index is 13.8. The maximum Gasteiger partial charge on any atom is 0.254 e. The van der Waals surface area contributed by atoms with Gasteiger partial charge < -0.3 is 34.1 Å². The van der Waals surface area contributed by atoms with Crippen LogP contribution in [0.4, 0.5) is 0 Å². The highest BCUT2D eigenvalue weighted by Gasteiger charge is 2.43. The Hall–Kier alpha value is -3.48. The van der Waals surface area contributed by atoms with Crippen LogP contribution in [0.1, 0.15) is 63.1 Å². The summed E-state index contributed by atoms with van der Waals surface area (Å²) in [5.41, 5.74) is 4.52. The van der Waals surface area contributed by atoms with Gasteiger partial charge in [-0.25, -0.2) is 4.98 Å². The van der Waals surface area contributed by atoms with E-state index in [1.807, 2.05) is 45.9 Å². The molecule has 12 heteroatoms. The second kappa shape index (κ2) is 14.1. The van der Waals surface area contributed by atoms with Crippen LogP contribution in [0.3, 0.4) is 0 Å². The number of β-amino-alcohol motifs (C(OH)–C–C–N with tert-alkyl or cyclic N) is 1. The van der Waals surface area contributed by atoms with Crippen molar-refractivity contribution in [1.82, 2.24) is 20.4 Å². The second-order valence-corrected chi connectivity index (χ2v) is 11.4. The van der Waals surface area contributed by atoms with Crippen molar-refractivity contribution < 1.29 is 33.4 Å². The van der Waals surface area contributed by atoms with Crippen LogP contribution in [-0.4, -0.2) is 71.0 Å². The van der Waals surface area contributed by atoms with E-state index in [1.54, 1.807) is 43.6 Å². The van der Waals surface area contributed by atoms with Crippen molar-refractivity contribution in [2.24, 2.45) is 5.92 Å². The monoisotopic (exact) mass is 599 g/mol. The fourth-order valence-electron chi connectivity index (χ4n) is 5.20. The minimum Gasteiger partial charge on any atom is -0.496 e. The number of likely N-dealkylation sites (tertiary alicyclic amines) is 1. The van der Waals surface area contributed by atoms with Gasteiger partial charge >= 0.3 is 0 Å². The highest BCUT2D eigenvalue weighted by Crippen LogP contribution is 2.35. The summed E-state index contributed by atoms with van der Waals surface area (Å²) in [4.78, 5) is 34.2. The molecule has 1 radical (unpaired) electrons. The molecule has 0 bridgehead atoms. The van der Waals surface area contributed by atoms with E-state index in [9.17, 15) is 14.7 Å². The number of hydrogen-bond donors (Lipinski definition) is 2. The number of hydrogen-bond acceptors (Lipinski definition) is 10. The highest BCUT2D eigenvalue weighted by atomic mass is 32.1. The molecule has 3 aromatic rings. The summed E-state index contributed by atoms with van der Waals surface area (Å²) in [6, 6.07) is 6.17. The minimum atomic E-state index is -0.845. The fourth-order valence-corrected chi connectivity index (χ4v) is 6.00.